The summed E-state index contributed by atoms with van der Waals surface area (Å²) in [5, 5.41) is 0. The number of hydrogen-bond acceptors (Lipinski definition) is 2. The van der Waals surface area contributed by atoms with Crippen molar-refractivity contribution in [1.29, 1.82) is 0 Å². The van der Waals surface area contributed by atoms with Crippen molar-refractivity contribution in [2.45, 2.75) is 111 Å². The Hall–Kier alpha value is -0.370. The van der Waals surface area contributed by atoms with E-state index >= 15 is 0 Å². The fourth-order valence-electron chi connectivity index (χ4n) is 3.30. The van der Waals surface area contributed by atoms with Gasteiger partial charge in [0.15, 0.2) is 0 Å². The Balaban J connectivity index is 0. The summed E-state index contributed by atoms with van der Waals surface area (Å²) >= 11 is 0. The molecule has 1 rings (SSSR count). The molecule has 0 N–H and O–H groups in total. The van der Waals surface area contributed by atoms with E-state index in [0.29, 0.717) is 12.0 Å². The number of carbonyl (C=O) groups is 1. The summed E-state index contributed by atoms with van der Waals surface area (Å²) in [7, 11) is 4.27. The second-order valence-corrected chi connectivity index (χ2v) is 6.75. The molecular weight excluding hydrogens is 282 g/mol. The Morgan fingerprint density at radius 2 is 1.39 bits per heavy atom. The van der Waals surface area contributed by atoms with Gasteiger partial charge in [0.1, 0.15) is 6.29 Å². The minimum Gasteiger partial charge on any atom is -0.306 e. The molecule has 0 heterocycles. The molecule has 2 unspecified atom stereocenters. The zero-order valence-electron chi connectivity index (χ0n) is 17.1. The van der Waals surface area contributed by atoms with Crippen LogP contribution >= 0.6 is 0 Å². The molecule has 140 valence electrons. The van der Waals surface area contributed by atoms with Crippen molar-refractivity contribution >= 4 is 6.29 Å². The molecule has 2 heteroatoms. The van der Waals surface area contributed by atoms with Crippen LogP contribution < -0.4 is 0 Å². The molecule has 2 nitrogen and oxygen atoms in total. The predicted octanol–water partition coefficient (Wildman–Crippen LogP) is 6.48. The highest BCUT2D eigenvalue weighted by molar-refractivity contribution is 5.49. The Labute approximate surface area is 147 Å². The molecule has 0 aromatic heterocycles. The zero-order chi connectivity index (χ0) is 17.9. The van der Waals surface area contributed by atoms with Crippen LogP contribution in [0, 0.1) is 5.92 Å². The molecule has 1 saturated carbocycles. The quantitative estimate of drug-likeness (QED) is 0.289. The number of unbranched alkanes of at least 4 members (excludes halogenated alkanes) is 5. The molecule has 1 fully saturated rings. The lowest BCUT2D eigenvalue weighted by atomic mass is 9.91. The van der Waals surface area contributed by atoms with E-state index < -0.39 is 0 Å². The van der Waals surface area contributed by atoms with Gasteiger partial charge in [-0.2, -0.15) is 0 Å². The van der Waals surface area contributed by atoms with Gasteiger partial charge in [-0.25, -0.2) is 0 Å². The third kappa shape index (κ3) is 14.9. The third-order valence-corrected chi connectivity index (χ3v) is 4.64. The standard InChI is InChI=1S/C11H21NO.C8H18.C2H6/c1-12(2)11-7-5-3-4-6-10(11)8-9-13;1-3-5-7-8-6-4-2;1-2/h9-11H,3-8H2,1-2H3;3-8H2,1-2H3;1-2H3. The minimum absolute atomic E-state index is 0.606. The third-order valence-electron chi connectivity index (χ3n) is 4.64. The molecule has 0 aliphatic heterocycles. The van der Waals surface area contributed by atoms with Gasteiger partial charge in [0.05, 0.1) is 0 Å². The van der Waals surface area contributed by atoms with Crippen molar-refractivity contribution in [1.82, 2.24) is 4.90 Å². The zero-order valence-corrected chi connectivity index (χ0v) is 17.1. The number of aldehydes is 1. The van der Waals surface area contributed by atoms with E-state index in [-0.39, 0.29) is 0 Å². The van der Waals surface area contributed by atoms with Crippen LogP contribution in [0.1, 0.15) is 105 Å². The van der Waals surface area contributed by atoms with Crippen LogP contribution in [-0.4, -0.2) is 31.3 Å². The highest BCUT2D eigenvalue weighted by Gasteiger charge is 2.24. The molecule has 0 saturated heterocycles. The first kappa shape index (κ1) is 24.9. The predicted molar refractivity (Wildman–Crippen MR) is 105 cm³/mol. The van der Waals surface area contributed by atoms with Gasteiger partial charge in [0.25, 0.3) is 0 Å². The summed E-state index contributed by atoms with van der Waals surface area (Å²) in [4.78, 5) is 12.8. The average molecular weight is 328 g/mol. The molecule has 1 aliphatic rings. The second kappa shape index (κ2) is 19.7. The summed E-state index contributed by atoms with van der Waals surface area (Å²) in [5.74, 6) is 0.606. The molecule has 23 heavy (non-hydrogen) atoms. The van der Waals surface area contributed by atoms with E-state index in [1.165, 1.54) is 70.6 Å². The van der Waals surface area contributed by atoms with Crippen molar-refractivity contribution in [3.63, 3.8) is 0 Å². The van der Waals surface area contributed by atoms with Crippen molar-refractivity contribution in [2.24, 2.45) is 5.92 Å². The van der Waals surface area contributed by atoms with Crippen molar-refractivity contribution in [3.8, 4) is 0 Å². The average Bonchev–Trinajstić information content (AvgIpc) is 2.80. The lowest BCUT2D eigenvalue weighted by Gasteiger charge is -2.29. The van der Waals surface area contributed by atoms with E-state index in [9.17, 15) is 4.79 Å². The maximum atomic E-state index is 10.5. The van der Waals surface area contributed by atoms with Crippen molar-refractivity contribution in [3.05, 3.63) is 0 Å². The van der Waals surface area contributed by atoms with Crippen LogP contribution in [0.4, 0.5) is 0 Å². The van der Waals surface area contributed by atoms with Crippen LogP contribution in [0.3, 0.4) is 0 Å². The van der Waals surface area contributed by atoms with Crippen molar-refractivity contribution < 1.29 is 4.79 Å². The molecule has 0 amide bonds. The Bertz CT molecular complexity index is 222. The molecular formula is C21H45NO. The first-order chi connectivity index (χ1) is 11.2. The highest BCUT2D eigenvalue weighted by atomic mass is 16.1. The smallest absolute Gasteiger partial charge is 0.120 e. The normalized spacial score (nSPS) is 20.7. The summed E-state index contributed by atoms with van der Waals surface area (Å²) < 4.78 is 0. The van der Waals surface area contributed by atoms with Gasteiger partial charge in [-0.1, -0.05) is 85.5 Å². The monoisotopic (exact) mass is 327 g/mol. The number of hydrogen-bond donors (Lipinski definition) is 0. The number of carbonyl (C=O) groups excluding carboxylic acids is 1. The first-order valence-electron chi connectivity index (χ1n) is 10.3. The minimum atomic E-state index is 0.606. The van der Waals surface area contributed by atoms with Gasteiger partial charge in [-0.05, 0) is 32.9 Å². The fourth-order valence-corrected chi connectivity index (χ4v) is 3.30. The largest absolute Gasteiger partial charge is 0.306 e. The van der Waals surface area contributed by atoms with Crippen LogP contribution in [-0.2, 0) is 4.79 Å². The van der Waals surface area contributed by atoms with E-state index in [1.807, 2.05) is 13.8 Å². The van der Waals surface area contributed by atoms with Crippen molar-refractivity contribution in [2.75, 3.05) is 14.1 Å². The lowest BCUT2D eigenvalue weighted by Crippen LogP contribution is -2.34. The first-order valence-corrected chi connectivity index (χ1v) is 10.3. The van der Waals surface area contributed by atoms with E-state index in [1.54, 1.807) is 0 Å². The molecule has 0 spiro atoms. The van der Waals surface area contributed by atoms with E-state index in [0.717, 1.165) is 12.7 Å². The number of rotatable bonds is 8. The molecule has 0 bridgehead atoms. The lowest BCUT2D eigenvalue weighted by molar-refractivity contribution is -0.109. The Morgan fingerprint density at radius 3 is 1.83 bits per heavy atom. The van der Waals surface area contributed by atoms with Gasteiger partial charge in [-0.15, -0.1) is 0 Å². The van der Waals surface area contributed by atoms with Crippen LogP contribution in [0.25, 0.3) is 0 Å². The molecule has 0 aromatic carbocycles. The van der Waals surface area contributed by atoms with Gasteiger partial charge < -0.3 is 9.69 Å². The maximum absolute atomic E-state index is 10.5. The summed E-state index contributed by atoms with van der Waals surface area (Å²) in [6.45, 7) is 8.51. The molecule has 0 radical (unpaired) electrons. The van der Waals surface area contributed by atoms with Crippen LogP contribution in [0.2, 0.25) is 0 Å². The van der Waals surface area contributed by atoms with Gasteiger partial charge in [0.2, 0.25) is 0 Å². The van der Waals surface area contributed by atoms with Gasteiger partial charge >= 0.3 is 0 Å². The van der Waals surface area contributed by atoms with Crippen LogP contribution in [0.5, 0.6) is 0 Å². The van der Waals surface area contributed by atoms with E-state index in [4.69, 9.17) is 0 Å². The SMILES string of the molecule is CC.CCCCCCCC.CN(C)C1CCCCCC1CC=O. The number of nitrogens with zero attached hydrogens (tertiary/aromatic N) is 1. The maximum Gasteiger partial charge on any atom is 0.120 e. The molecule has 2 atom stereocenters. The van der Waals surface area contributed by atoms with Gasteiger partial charge in [-0.3, -0.25) is 0 Å². The Kier molecular flexibility index (Phi) is 21.3. The van der Waals surface area contributed by atoms with Crippen LogP contribution in [0.15, 0.2) is 0 Å². The topological polar surface area (TPSA) is 20.3 Å². The summed E-state index contributed by atoms with van der Waals surface area (Å²) in [5.41, 5.74) is 0. The Morgan fingerprint density at radius 1 is 0.870 bits per heavy atom. The summed E-state index contributed by atoms with van der Waals surface area (Å²) in [6, 6.07) is 0.632. The molecule has 0 aromatic rings. The second-order valence-electron chi connectivity index (χ2n) is 6.75. The van der Waals surface area contributed by atoms with Gasteiger partial charge in [0, 0.05) is 12.5 Å². The molecule has 1 aliphatic carbocycles. The van der Waals surface area contributed by atoms with E-state index in [2.05, 4.69) is 32.8 Å². The highest BCUT2D eigenvalue weighted by Crippen LogP contribution is 2.27. The fraction of sp³-hybridized carbons (Fsp3) is 0.952. The summed E-state index contributed by atoms with van der Waals surface area (Å²) in [6.07, 6.45) is 16.8.